The van der Waals surface area contributed by atoms with Gasteiger partial charge in [-0.15, -0.1) is 0 Å². The molecule has 1 unspecified atom stereocenters. The van der Waals surface area contributed by atoms with Crippen LogP contribution in [0.15, 0.2) is 18.2 Å². The van der Waals surface area contributed by atoms with Gasteiger partial charge >= 0.3 is 0 Å². The molecule has 0 fully saturated rings. The molecule has 1 aliphatic rings. The number of amides is 1. The van der Waals surface area contributed by atoms with E-state index in [2.05, 4.69) is 26.6 Å². The van der Waals surface area contributed by atoms with Crippen LogP contribution in [-0.2, 0) is 15.4 Å². The zero-order valence-electron chi connectivity index (χ0n) is 12.6. The Labute approximate surface area is 121 Å². The maximum absolute atomic E-state index is 12.6. The van der Waals surface area contributed by atoms with Crippen molar-refractivity contribution in [3.05, 3.63) is 29.3 Å². The van der Waals surface area contributed by atoms with Crippen LogP contribution in [0.1, 0.15) is 50.5 Å². The van der Waals surface area contributed by atoms with E-state index in [1.165, 1.54) is 4.31 Å². The summed E-state index contributed by atoms with van der Waals surface area (Å²) < 4.78 is 19.1. The second-order valence-corrected chi connectivity index (χ2v) is 8.07. The van der Waals surface area contributed by atoms with Crippen LogP contribution < -0.4 is 4.18 Å². The van der Waals surface area contributed by atoms with Gasteiger partial charge in [0.1, 0.15) is 0 Å². The highest BCUT2D eigenvalue weighted by Gasteiger charge is 2.36. The van der Waals surface area contributed by atoms with Gasteiger partial charge in [-0.3, -0.25) is 4.79 Å². The number of fused-ring (bicyclic) bond motifs is 1. The van der Waals surface area contributed by atoms with Crippen molar-refractivity contribution in [1.82, 2.24) is 4.31 Å². The molecule has 2 rings (SSSR count). The molecule has 1 heterocycles. The highest BCUT2D eigenvalue weighted by atomic mass is 32.2. The quantitative estimate of drug-likeness (QED) is 0.748. The Morgan fingerprint density at radius 1 is 1.30 bits per heavy atom. The summed E-state index contributed by atoms with van der Waals surface area (Å²) in [6, 6.07) is 5.18. The Morgan fingerprint density at radius 3 is 2.40 bits per heavy atom. The molecule has 0 spiro atoms. The lowest BCUT2D eigenvalue weighted by Crippen LogP contribution is -2.47. The van der Waals surface area contributed by atoms with Gasteiger partial charge in [-0.1, -0.05) is 26.8 Å². The SMILES string of the molecule is C=S1(=O)Oc2ccc(C(C)(C)C)cc2C(=O)N1C(C)C. The molecule has 0 aliphatic carbocycles. The van der Waals surface area contributed by atoms with Crippen LogP contribution >= 0.6 is 0 Å². The number of carbonyl (C=O) groups excluding carboxylic acids is 1. The number of hydrogen-bond donors (Lipinski definition) is 0. The van der Waals surface area contributed by atoms with Crippen molar-refractivity contribution in [2.75, 3.05) is 0 Å². The topological polar surface area (TPSA) is 46.6 Å². The second-order valence-electron chi connectivity index (χ2n) is 6.35. The summed E-state index contributed by atoms with van der Waals surface area (Å²) in [5, 5.41) is 0. The largest absolute Gasteiger partial charge is 0.393 e. The molecule has 1 atom stereocenters. The molecule has 1 aliphatic heterocycles. The molecule has 110 valence electrons. The smallest absolute Gasteiger partial charge is 0.271 e. The lowest BCUT2D eigenvalue weighted by atomic mass is 9.86. The Kier molecular flexibility index (Phi) is 3.37. The van der Waals surface area contributed by atoms with Crippen molar-refractivity contribution < 1.29 is 13.2 Å². The number of carbonyl (C=O) groups is 1. The molecule has 1 aromatic rings. The monoisotopic (exact) mass is 295 g/mol. The standard InChI is InChI=1S/C15H21NO3S/c1-10(2)16-14(17)12-9-11(15(3,4)5)7-8-13(12)19-20(16,6)18/h7-10H,6H2,1-5H3. The van der Waals surface area contributed by atoms with E-state index >= 15 is 0 Å². The molecular weight excluding hydrogens is 274 g/mol. The van der Waals surface area contributed by atoms with Crippen molar-refractivity contribution >= 4 is 21.8 Å². The van der Waals surface area contributed by atoms with Crippen molar-refractivity contribution in [2.24, 2.45) is 0 Å². The molecule has 0 aromatic heterocycles. The van der Waals surface area contributed by atoms with Crippen LogP contribution in [0.4, 0.5) is 0 Å². The first-order chi connectivity index (χ1) is 9.04. The molecule has 0 saturated carbocycles. The van der Waals surface area contributed by atoms with Crippen LogP contribution in [-0.4, -0.2) is 26.3 Å². The van der Waals surface area contributed by atoms with Crippen LogP contribution in [0, 0.1) is 0 Å². The number of hydrogen-bond acceptors (Lipinski definition) is 3. The van der Waals surface area contributed by atoms with Crippen LogP contribution in [0.25, 0.3) is 0 Å². The van der Waals surface area contributed by atoms with E-state index in [0.29, 0.717) is 11.3 Å². The minimum absolute atomic E-state index is 0.0682. The van der Waals surface area contributed by atoms with Crippen LogP contribution in [0.2, 0.25) is 0 Å². The summed E-state index contributed by atoms with van der Waals surface area (Å²) in [7, 11) is -3.05. The fraction of sp³-hybridized carbons (Fsp3) is 0.467. The van der Waals surface area contributed by atoms with E-state index in [1.54, 1.807) is 19.9 Å². The van der Waals surface area contributed by atoms with E-state index in [-0.39, 0.29) is 17.4 Å². The first kappa shape index (κ1) is 14.9. The summed E-state index contributed by atoms with van der Waals surface area (Å²) in [5.41, 5.74) is 1.42. The summed E-state index contributed by atoms with van der Waals surface area (Å²) >= 11 is 0. The lowest BCUT2D eigenvalue weighted by Gasteiger charge is -2.34. The van der Waals surface area contributed by atoms with Crippen molar-refractivity contribution in [3.8, 4) is 5.75 Å². The third kappa shape index (κ3) is 2.42. The first-order valence-electron chi connectivity index (χ1n) is 6.59. The van der Waals surface area contributed by atoms with E-state index in [1.807, 2.05) is 12.1 Å². The fourth-order valence-corrected chi connectivity index (χ4v) is 3.72. The third-order valence-electron chi connectivity index (χ3n) is 3.26. The highest BCUT2D eigenvalue weighted by Crippen LogP contribution is 2.34. The third-order valence-corrected chi connectivity index (χ3v) is 4.89. The summed E-state index contributed by atoms with van der Waals surface area (Å²) in [5.74, 6) is 3.63. The maximum atomic E-state index is 12.6. The molecule has 0 radical (unpaired) electrons. The molecule has 4 nitrogen and oxygen atoms in total. The highest BCUT2D eigenvalue weighted by molar-refractivity contribution is 7.94. The van der Waals surface area contributed by atoms with Crippen molar-refractivity contribution in [1.29, 1.82) is 0 Å². The Hall–Kier alpha value is -1.49. The van der Waals surface area contributed by atoms with Gasteiger partial charge in [0, 0.05) is 11.9 Å². The summed E-state index contributed by atoms with van der Waals surface area (Å²) in [4.78, 5) is 12.6. The first-order valence-corrected chi connectivity index (χ1v) is 8.20. The zero-order chi connectivity index (χ0) is 15.3. The van der Waals surface area contributed by atoms with Crippen molar-refractivity contribution in [3.63, 3.8) is 0 Å². The van der Waals surface area contributed by atoms with Gasteiger partial charge in [-0.05, 0) is 37.0 Å². The predicted molar refractivity (Wildman–Crippen MR) is 82.3 cm³/mol. The Morgan fingerprint density at radius 2 is 1.90 bits per heavy atom. The average Bonchev–Trinajstić information content (AvgIpc) is 2.25. The van der Waals surface area contributed by atoms with Crippen LogP contribution in [0.3, 0.4) is 0 Å². The lowest BCUT2D eigenvalue weighted by molar-refractivity contribution is 0.0819. The fourth-order valence-electron chi connectivity index (χ4n) is 2.22. The molecule has 1 aromatic carbocycles. The van der Waals surface area contributed by atoms with Gasteiger partial charge in [0.05, 0.1) is 5.56 Å². The van der Waals surface area contributed by atoms with E-state index in [0.717, 1.165) is 5.56 Å². The summed E-state index contributed by atoms with van der Waals surface area (Å²) in [6.45, 7) is 9.82. The van der Waals surface area contributed by atoms with E-state index in [9.17, 15) is 9.00 Å². The van der Waals surface area contributed by atoms with Gasteiger partial charge in [0.25, 0.3) is 5.91 Å². The normalized spacial score (nSPS) is 22.7. The second kappa shape index (κ2) is 4.52. The van der Waals surface area contributed by atoms with Gasteiger partial charge in [0.15, 0.2) is 5.75 Å². The number of rotatable bonds is 1. The molecule has 5 heteroatoms. The maximum Gasteiger partial charge on any atom is 0.271 e. The number of benzene rings is 1. The molecule has 1 amide bonds. The average molecular weight is 295 g/mol. The molecule has 20 heavy (non-hydrogen) atoms. The number of nitrogens with zero attached hydrogens (tertiary/aromatic N) is 1. The Bertz CT molecular complexity index is 654. The minimum atomic E-state index is -3.05. The summed E-state index contributed by atoms with van der Waals surface area (Å²) in [6.07, 6.45) is 0. The molecular formula is C15H21NO3S. The van der Waals surface area contributed by atoms with Gasteiger partial charge in [-0.25, -0.2) is 8.51 Å². The molecule has 0 saturated heterocycles. The van der Waals surface area contributed by atoms with E-state index < -0.39 is 9.99 Å². The van der Waals surface area contributed by atoms with Crippen LogP contribution in [0.5, 0.6) is 5.75 Å². The Balaban J connectivity index is 2.60. The molecule has 0 bridgehead atoms. The van der Waals surface area contributed by atoms with Gasteiger partial charge < -0.3 is 4.18 Å². The van der Waals surface area contributed by atoms with Crippen molar-refractivity contribution in [2.45, 2.75) is 46.1 Å². The minimum Gasteiger partial charge on any atom is -0.393 e. The zero-order valence-corrected chi connectivity index (χ0v) is 13.4. The van der Waals surface area contributed by atoms with Gasteiger partial charge in [0.2, 0.25) is 9.99 Å². The van der Waals surface area contributed by atoms with E-state index in [4.69, 9.17) is 4.18 Å². The van der Waals surface area contributed by atoms with Gasteiger partial charge in [-0.2, -0.15) is 0 Å². The molecule has 0 N–H and O–H groups in total. The predicted octanol–water partition coefficient (Wildman–Crippen LogP) is 2.77.